The molecule has 1 heterocycles. The average molecular weight is 327 g/mol. The number of hydrogen-bond acceptors (Lipinski definition) is 2. The number of aromatic amines is 1. The smallest absolute Gasteiger partial charge is 0.211 e. The van der Waals surface area contributed by atoms with E-state index >= 15 is 0 Å². The summed E-state index contributed by atoms with van der Waals surface area (Å²) in [7, 11) is -3.16. The van der Waals surface area contributed by atoms with Crippen molar-refractivity contribution in [1.82, 2.24) is 9.71 Å². The Labute approximate surface area is 129 Å². The molecule has 0 radical (unpaired) electrons. The molecule has 0 amide bonds. The molecule has 3 rings (SSSR count). The largest absolute Gasteiger partial charge is 0.358 e. The maximum Gasteiger partial charge on any atom is 0.211 e. The predicted octanol–water partition coefficient (Wildman–Crippen LogP) is 3.01. The third-order valence-corrected chi connectivity index (χ3v) is 5.84. The Morgan fingerprint density at radius 1 is 1.43 bits per heavy atom. The molecule has 1 unspecified atom stereocenters. The highest BCUT2D eigenvalue weighted by Gasteiger charge is 2.25. The SMILES string of the molecule is CCCS(=O)(=O)NC1CCc2[nH]c3ccc(Cl)cc3c2C1. The van der Waals surface area contributed by atoms with Gasteiger partial charge in [-0.3, -0.25) is 0 Å². The van der Waals surface area contributed by atoms with Gasteiger partial charge in [-0.2, -0.15) is 0 Å². The van der Waals surface area contributed by atoms with Crippen molar-refractivity contribution in [3.8, 4) is 0 Å². The molecule has 0 fully saturated rings. The first-order chi connectivity index (χ1) is 9.98. The van der Waals surface area contributed by atoms with E-state index in [2.05, 4.69) is 9.71 Å². The van der Waals surface area contributed by atoms with E-state index in [1.165, 1.54) is 11.3 Å². The highest BCUT2D eigenvalue weighted by atomic mass is 35.5. The lowest BCUT2D eigenvalue weighted by Gasteiger charge is -2.23. The molecule has 0 saturated carbocycles. The first-order valence-electron chi connectivity index (χ1n) is 7.27. The molecule has 0 bridgehead atoms. The summed E-state index contributed by atoms with van der Waals surface area (Å²) in [6.45, 7) is 1.87. The van der Waals surface area contributed by atoms with Gasteiger partial charge in [0.05, 0.1) is 5.75 Å². The van der Waals surface area contributed by atoms with E-state index < -0.39 is 10.0 Å². The van der Waals surface area contributed by atoms with Crippen LogP contribution >= 0.6 is 11.6 Å². The minimum absolute atomic E-state index is 0.0213. The van der Waals surface area contributed by atoms with E-state index in [-0.39, 0.29) is 11.8 Å². The van der Waals surface area contributed by atoms with Gasteiger partial charge in [-0.1, -0.05) is 18.5 Å². The Hall–Kier alpha value is -1.04. The molecule has 0 spiro atoms. The second kappa shape index (κ2) is 5.63. The summed E-state index contributed by atoms with van der Waals surface area (Å²) >= 11 is 6.08. The lowest BCUT2D eigenvalue weighted by molar-refractivity contribution is 0.506. The van der Waals surface area contributed by atoms with Crippen molar-refractivity contribution in [2.24, 2.45) is 0 Å². The van der Waals surface area contributed by atoms with Crippen LogP contribution in [0.3, 0.4) is 0 Å². The second-order valence-electron chi connectivity index (χ2n) is 5.65. The van der Waals surface area contributed by atoms with Gasteiger partial charge in [0.15, 0.2) is 0 Å². The number of rotatable bonds is 4. The number of nitrogens with one attached hydrogen (secondary N) is 2. The van der Waals surface area contributed by atoms with E-state index in [9.17, 15) is 8.42 Å². The zero-order valence-electron chi connectivity index (χ0n) is 11.9. The van der Waals surface area contributed by atoms with Gasteiger partial charge < -0.3 is 4.98 Å². The van der Waals surface area contributed by atoms with Crippen LogP contribution in [-0.4, -0.2) is 25.2 Å². The van der Waals surface area contributed by atoms with Crippen molar-refractivity contribution < 1.29 is 8.42 Å². The van der Waals surface area contributed by atoms with Gasteiger partial charge in [-0.15, -0.1) is 0 Å². The first kappa shape index (κ1) is 14.9. The molecular formula is C15H19ClN2O2S. The summed E-state index contributed by atoms with van der Waals surface area (Å²) in [6.07, 6.45) is 3.05. The van der Waals surface area contributed by atoms with Crippen LogP contribution in [0.15, 0.2) is 18.2 Å². The Balaban J connectivity index is 1.88. The molecule has 1 aromatic carbocycles. The predicted molar refractivity (Wildman–Crippen MR) is 86.3 cm³/mol. The fraction of sp³-hybridized carbons (Fsp3) is 0.467. The average Bonchev–Trinajstić information content (AvgIpc) is 2.76. The second-order valence-corrected chi connectivity index (χ2v) is 7.96. The topological polar surface area (TPSA) is 62.0 Å². The third kappa shape index (κ3) is 3.10. The summed E-state index contributed by atoms with van der Waals surface area (Å²) < 4.78 is 26.7. The van der Waals surface area contributed by atoms with Crippen LogP contribution in [-0.2, 0) is 22.9 Å². The molecule has 0 saturated heterocycles. The van der Waals surface area contributed by atoms with Crippen LogP contribution in [0.1, 0.15) is 31.0 Å². The number of sulfonamides is 1. The maximum atomic E-state index is 11.9. The van der Waals surface area contributed by atoms with Crippen LogP contribution in [0.2, 0.25) is 5.02 Å². The number of benzene rings is 1. The van der Waals surface area contributed by atoms with Crippen LogP contribution in [0, 0.1) is 0 Å². The monoisotopic (exact) mass is 326 g/mol. The fourth-order valence-electron chi connectivity index (χ4n) is 3.07. The minimum Gasteiger partial charge on any atom is -0.358 e. The molecule has 2 aromatic rings. The summed E-state index contributed by atoms with van der Waals surface area (Å²) in [6, 6.07) is 5.78. The van der Waals surface area contributed by atoms with Gasteiger partial charge in [0.2, 0.25) is 10.0 Å². The van der Waals surface area contributed by atoms with Crippen molar-refractivity contribution in [3.63, 3.8) is 0 Å². The van der Waals surface area contributed by atoms with Crippen molar-refractivity contribution in [2.75, 3.05) is 5.75 Å². The van der Waals surface area contributed by atoms with Crippen LogP contribution in [0.5, 0.6) is 0 Å². The van der Waals surface area contributed by atoms with E-state index in [0.29, 0.717) is 11.4 Å². The molecule has 0 aliphatic heterocycles. The van der Waals surface area contributed by atoms with Gasteiger partial charge in [0, 0.05) is 27.7 Å². The highest BCUT2D eigenvalue weighted by molar-refractivity contribution is 7.89. The Bertz CT molecular complexity index is 767. The van der Waals surface area contributed by atoms with E-state index in [0.717, 1.165) is 30.2 Å². The number of halogens is 1. The van der Waals surface area contributed by atoms with Gasteiger partial charge in [0.1, 0.15) is 0 Å². The van der Waals surface area contributed by atoms with E-state index in [4.69, 9.17) is 11.6 Å². The van der Waals surface area contributed by atoms with Crippen molar-refractivity contribution in [2.45, 2.75) is 38.6 Å². The quantitative estimate of drug-likeness (QED) is 0.907. The number of fused-ring (bicyclic) bond motifs is 3. The Morgan fingerprint density at radius 3 is 3.00 bits per heavy atom. The molecular weight excluding hydrogens is 308 g/mol. The van der Waals surface area contributed by atoms with Crippen LogP contribution in [0.4, 0.5) is 0 Å². The number of H-pyrrole nitrogens is 1. The van der Waals surface area contributed by atoms with Crippen LogP contribution in [0.25, 0.3) is 10.9 Å². The Morgan fingerprint density at radius 2 is 2.24 bits per heavy atom. The molecule has 2 N–H and O–H groups in total. The van der Waals surface area contributed by atoms with Gasteiger partial charge in [-0.05, 0) is 49.4 Å². The molecule has 1 aliphatic carbocycles. The van der Waals surface area contributed by atoms with Gasteiger partial charge in [-0.25, -0.2) is 13.1 Å². The molecule has 4 nitrogen and oxygen atoms in total. The fourth-order valence-corrected chi connectivity index (χ4v) is 4.61. The standard InChI is InChI=1S/C15H19ClN2O2S/c1-2-7-21(19,20)18-11-4-6-15-13(9-11)12-8-10(16)3-5-14(12)17-15/h3,5,8,11,17-18H,2,4,6-7,9H2,1H3. The molecule has 1 aliphatic rings. The number of aromatic nitrogens is 1. The normalized spacial score (nSPS) is 18.9. The van der Waals surface area contributed by atoms with Gasteiger partial charge >= 0.3 is 0 Å². The van der Waals surface area contributed by atoms with Crippen molar-refractivity contribution in [1.29, 1.82) is 0 Å². The number of aryl methyl sites for hydroxylation is 1. The number of hydrogen-bond donors (Lipinski definition) is 2. The Kier molecular flexibility index (Phi) is 3.99. The molecule has 1 atom stereocenters. The first-order valence-corrected chi connectivity index (χ1v) is 9.30. The zero-order chi connectivity index (χ0) is 15.0. The lowest BCUT2D eigenvalue weighted by atomic mass is 9.92. The molecule has 114 valence electrons. The lowest BCUT2D eigenvalue weighted by Crippen LogP contribution is -2.39. The highest BCUT2D eigenvalue weighted by Crippen LogP contribution is 2.31. The van der Waals surface area contributed by atoms with E-state index in [1.54, 1.807) is 0 Å². The molecule has 1 aromatic heterocycles. The minimum atomic E-state index is -3.16. The van der Waals surface area contributed by atoms with Crippen molar-refractivity contribution >= 4 is 32.5 Å². The van der Waals surface area contributed by atoms with Crippen molar-refractivity contribution in [3.05, 3.63) is 34.5 Å². The molecule has 6 heteroatoms. The van der Waals surface area contributed by atoms with E-state index in [1.807, 2.05) is 25.1 Å². The summed E-state index contributed by atoms with van der Waals surface area (Å²) in [5, 5.41) is 1.81. The maximum absolute atomic E-state index is 11.9. The zero-order valence-corrected chi connectivity index (χ0v) is 13.5. The third-order valence-electron chi connectivity index (χ3n) is 3.97. The molecule has 21 heavy (non-hydrogen) atoms. The summed E-state index contributed by atoms with van der Waals surface area (Å²) in [5.41, 5.74) is 3.47. The van der Waals surface area contributed by atoms with Crippen LogP contribution < -0.4 is 4.72 Å². The summed E-state index contributed by atoms with van der Waals surface area (Å²) in [5.74, 6) is 0.191. The summed E-state index contributed by atoms with van der Waals surface area (Å²) in [4.78, 5) is 3.42. The van der Waals surface area contributed by atoms with Gasteiger partial charge in [0.25, 0.3) is 0 Å².